The summed E-state index contributed by atoms with van der Waals surface area (Å²) >= 11 is 0. The molecule has 2 aromatic rings. The van der Waals surface area contributed by atoms with E-state index in [2.05, 4.69) is 10.3 Å². The predicted octanol–water partition coefficient (Wildman–Crippen LogP) is 3.05. The lowest BCUT2D eigenvalue weighted by molar-refractivity contribution is 0.597. The number of sulfone groups is 1. The molecule has 0 bridgehead atoms. The van der Waals surface area contributed by atoms with Gasteiger partial charge in [0.25, 0.3) is 0 Å². The average Bonchev–Trinajstić information content (AvgIpc) is 2.48. The second-order valence-corrected chi connectivity index (χ2v) is 6.79. The largest absolute Gasteiger partial charge is 0.377 e. The quantitative estimate of drug-likeness (QED) is 0.919. The zero-order valence-corrected chi connectivity index (χ0v) is 12.4. The van der Waals surface area contributed by atoms with Crippen molar-refractivity contribution in [3.8, 4) is 0 Å². The molecule has 1 N–H and O–H groups in total. The van der Waals surface area contributed by atoms with E-state index in [9.17, 15) is 8.42 Å². The molecule has 1 atom stereocenters. The number of hydrogen-bond donors (Lipinski definition) is 1. The lowest BCUT2D eigenvalue weighted by Gasteiger charge is -2.18. The van der Waals surface area contributed by atoms with E-state index in [0.717, 1.165) is 5.56 Å². The molecule has 0 aliphatic rings. The van der Waals surface area contributed by atoms with Crippen molar-refractivity contribution >= 4 is 15.5 Å². The van der Waals surface area contributed by atoms with Gasteiger partial charge in [0.15, 0.2) is 9.84 Å². The van der Waals surface area contributed by atoms with E-state index in [1.807, 2.05) is 25.1 Å². The molecule has 0 aliphatic heterocycles. The van der Waals surface area contributed by atoms with Crippen LogP contribution in [-0.2, 0) is 9.84 Å². The van der Waals surface area contributed by atoms with E-state index in [1.165, 1.54) is 0 Å². The van der Waals surface area contributed by atoms with Gasteiger partial charge >= 0.3 is 0 Å². The molecule has 0 saturated heterocycles. The fraction of sp³-hybridized carbons (Fsp3) is 0.267. The van der Waals surface area contributed by atoms with Crippen LogP contribution in [0.4, 0.5) is 5.69 Å². The highest BCUT2D eigenvalue weighted by atomic mass is 32.2. The van der Waals surface area contributed by atoms with Gasteiger partial charge in [-0.25, -0.2) is 8.42 Å². The van der Waals surface area contributed by atoms with E-state index in [0.29, 0.717) is 10.6 Å². The number of para-hydroxylation sites is 1. The lowest BCUT2D eigenvalue weighted by Crippen LogP contribution is -2.12. The van der Waals surface area contributed by atoms with Crippen molar-refractivity contribution in [3.05, 3.63) is 54.4 Å². The third-order valence-electron chi connectivity index (χ3n) is 3.18. The van der Waals surface area contributed by atoms with Gasteiger partial charge in [0.2, 0.25) is 0 Å². The van der Waals surface area contributed by atoms with Crippen LogP contribution in [-0.4, -0.2) is 19.2 Å². The molecule has 0 fully saturated rings. The highest BCUT2D eigenvalue weighted by Gasteiger charge is 2.17. The molecule has 20 heavy (non-hydrogen) atoms. The molecular weight excluding hydrogens is 272 g/mol. The number of pyridine rings is 1. The zero-order chi connectivity index (χ0) is 14.6. The van der Waals surface area contributed by atoms with E-state index in [1.54, 1.807) is 37.5 Å². The van der Waals surface area contributed by atoms with Crippen molar-refractivity contribution in [3.63, 3.8) is 0 Å². The van der Waals surface area contributed by atoms with Crippen LogP contribution in [0.3, 0.4) is 0 Å². The Kier molecular flexibility index (Phi) is 4.39. The smallest absolute Gasteiger partial charge is 0.180 e. The highest BCUT2D eigenvalue weighted by Crippen LogP contribution is 2.26. The van der Waals surface area contributed by atoms with Crippen LogP contribution in [0.15, 0.2) is 53.7 Å². The number of anilines is 1. The molecule has 106 valence electrons. The fourth-order valence-corrected chi connectivity index (χ4v) is 3.04. The molecule has 0 amide bonds. The van der Waals surface area contributed by atoms with E-state index in [4.69, 9.17) is 0 Å². The van der Waals surface area contributed by atoms with Gasteiger partial charge in [-0.05, 0) is 36.8 Å². The first-order chi connectivity index (χ1) is 9.54. The Morgan fingerprint density at radius 1 is 1.15 bits per heavy atom. The third-order valence-corrected chi connectivity index (χ3v) is 4.97. The molecule has 2 rings (SSSR count). The van der Waals surface area contributed by atoms with Gasteiger partial charge in [-0.1, -0.05) is 19.1 Å². The first-order valence-corrected chi connectivity index (χ1v) is 8.18. The predicted molar refractivity (Wildman–Crippen MR) is 80.4 cm³/mol. The van der Waals surface area contributed by atoms with Crippen molar-refractivity contribution in [2.75, 3.05) is 11.1 Å². The van der Waals surface area contributed by atoms with Gasteiger partial charge in [-0.3, -0.25) is 4.98 Å². The minimum Gasteiger partial charge on any atom is -0.377 e. The summed E-state index contributed by atoms with van der Waals surface area (Å²) in [5.41, 5.74) is 1.70. The number of hydrogen-bond acceptors (Lipinski definition) is 4. The van der Waals surface area contributed by atoms with Gasteiger partial charge in [0, 0.05) is 18.4 Å². The number of benzene rings is 1. The summed E-state index contributed by atoms with van der Waals surface area (Å²) in [6, 6.07) is 10.8. The molecule has 0 aliphatic carbocycles. The maximum absolute atomic E-state index is 12.1. The zero-order valence-electron chi connectivity index (χ0n) is 11.6. The Balaban J connectivity index is 2.31. The minimum absolute atomic E-state index is 0.00575. The second kappa shape index (κ2) is 6.05. The average molecular weight is 290 g/mol. The van der Waals surface area contributed by atoms with Gasteiger partial charge < -0.3 is 5.32 Å². The maximum atomic E-state index is 12.1. The fourth-order valence-electron chi connectivity index (χ4n) is 1.98. The second-order valence-electron chi connectivity index (χ2n) is 4.55. The summed E-state index contributed by atoms with van der Waals surface area (Å²) in [6.07, 6.45) is 3.45. The van der Waals surface area contributed by atoms with Crippen LogP contribution in [0.2, 0.25) is 0 Å². The highest BCUT2D eigenvalue weighted by molar-refractivity contribution is 7.91. The first kappa shape index (κ1) is 14.5. The Bertz CT molecular complexity index is 669. The van der Waals surface area contributed by atoms with Crippen molar-refractivity contribution < 1.29 is 8.42 Å². The molecular formula is C15H18N2O2S. The van der Waals surface area contributed by atoms with Gasteiger partial charge in [-0.2, -0.15) is 0 Å². The number of aromatic nitrogens is 1. The normalized spacial score (nSPS) is 12.9. The third kappa shape index (κ3) is 3.17. The Morgan fingerprint density at radius 3 is 2.45 bits per heavy atom. The van der Waals surface area contributed by atoms with Crippen LogP contribution in [0, 0.1) is 0 Å². The van der Waals surface area contributed by atoms with Crippen molar-refractivity contribution in [1.82, 2.24) is 4.98 Å². The summed E-state index contributed by atoms with van der Waals surface area (Å²) < 4.78 is 24.2. The van der Waals surface area contributed by atoms with E-state index >= 15 is 0 Å². The number of nitrogens with zero attached hydrogens (tertiary/aromatic N) is 1. The van der Waals surface area contributed by atoms with Gasteiger partial charge in [0.1, 0.15) is 0 Å². The summed E-state index contributed by atoms with van der Waals surface area (Å²) in [6.45, 7) is 3.64. The molecule has 1 aromatic heterocycles. The molecule has 0 radical (unpaired) electrons. The topological polar surface area (TPSA) is 59.1 Å². The molecule has 5 heteroatoms. The van der Waals surface area contributed by atoms with Crippen LogP contribution < -0.4 is 5.32 Å². The molecule has 1 aromatic carbocycles. The van der Waals surface area contributed by atoms with Crippen molar-refractivity contribution in [2.45, 2.75) is 24.8 Å². The van der Waals surface area contributed by atoms with Gasteiger partial charge in [-0.15, -0.1) is 0 Å². The van der Waals surface area contributed by atoms with Crippen LogP contribution in [0.25, 0.3) is 0 Å². The molecule has 4 nitrogen and oxygen atoms in total. The standard InChI is InChI=1S/C15H18N2O2S/c1-3-20(18,19)15-7-5-4-6-14(15)17-12(2)13-8-10-16-11-9-13/h4-12,17H,3H2,1-2H3. The molecule has 0 saturated carbocycles. The number of rotatable bonds is 5. The number of nitrogens with one attached hydrogen (secondary N) is 1. The summed E-state index contributed by atoms with van der Waals surface area (Å²) in [5, 5.41) is 3.26. The van der Waals surface area contributed by atoms with Crippen molar-refractivity contribution in [1.29, 1.82) is 0 Å². The summed E-state index contributed by atoms with van der Waals surface area (Å²) in [5.74, 6) is 0.0926. The first-order valence-electron chi connectivity index (χ1n) is 6.53. The Hall–Kier alpha value is -1.88. The summed E-state index contributed by atoms with van der Waals surface area (Å²) in [7, 11) is -3.23. The van der Waals surface area contributed by atoms with Crippen LogP contribution in [0.1, 0.15) is 25.5 Å². The minimum atomic E-state index is -3.23. The van der Waals surface area contributed by atoms with E-state index < -0.39 is 9.84 Å². The molecule has 1 unspecified atom stereocenters. The van der Waals surface area contributed by atoms with Crippen LogP contribution >= 0.6 is 0 Å². The Morgan fingerprint density at radius 2 is 1.80 bits per heavy atom. The van der Waals surface area contributed by atoms with Gasteiger partial charge in [0.05, 0.1) is 16.3 Å². The monoisotopic (exact) mass is 290 g/mol. The maximum Gasteiger partial charge on any atom is 0.180 e. The van der Waals surface area contributed by atoms with E-state index in [-0.39, 0.29) is 11.8 Å². The SMILES string of the molecule is CCS(=O)(=O)c1ccccc1NC(C)c1ccncc1. The van der Waals surface area contributed by atoms with Crippen LogP contribution in [0.5, 0.6) is 0 Å². The Labute approximate surface area is 119 Å². The molecule has 0 spiro atoms. The molecule has 1 heterocycles. The summed E-state index contributed by atoms with van der Waals surface area (Å²) in [4.78, 5) is 4.33. The van der Waals surface area contributed by atoms with Crippen molar-refractivity contribution in [2.24, 2.45) is 0 Å². The lowest BCUT2D eigenvalue weighted by atomic mass is 10.1.